The third-order valence-corrected chi connectivity index (χ3v) is 2.80. The van der Waals surface area contributed by atoms with Crippen molar-refractivity contribution in [2.45, 2.75) is 39.7 Å². The summed E-state index contributed by atoms with van der Waals surface area (Å²) in [5, 5.41) is 0. The number of rotatable bonds is 8. The zero-order chi connectivity index (χ0) is 16.4. The monoisotopic (exact) mass is 304 g/mol. The van der Waals surface area contributed by atoms with E-state index in [4.69, 9.17) is 9.47 Å². The summed E-state index contributed by atoms with van der Waals surface area (Å²) in [5.41, 5.74) is 0.466. The highest BCUT2D eigenvalue weighted by Crippen LogP contribution is 2.09. The molecule has 0 N–H and O–H groups in total. The number of allylic oxidation sites excluding steroid dienone is 1. The summed E-state index contributed by atoms with van der Waals surface area (Å²) < 4.78 is 10.5. The minimum atomic E-state index is -0.604. The second-order valence-corrected chi connectivity index (χ2v) is 5.43. The SMILES string of the molecule is CCC=CC(CC(=O)OCC(C)C)OC(=O)c1ccccc1. The van der Waals surface area contributed by atoms with Crippen LogP contribution in [0.25, 0.3) is 0 Å². The zero-order valence-corrected chi connectivity index (χ0v) is 13.5. The van der Waals surface area contributed by atoms with Crippen molar-refractivity contribution < 1.29 is 19.1 Å². The fourth-order valence-electron chi connectivity index (χ4n) is 1.70. The van der Waals surface area contributed by atoms with Crippen LogP contribution in [-0.4, -0.2) is 24.6 Å². The Kier molecular flexibility index (Phi) is 7.97. The number of carbonyl (C=O) groups excluding carboxylic acids is 2. The molecule has 0 fully saturated rings. The molecule has 0 saturated heterocycles. The van der Waals surface area contributed by atoms with E-state index < -0.39 is 12.1 Å². The van der Waals surface area contributed by atoms with Crippen LogP contribution in [0.3, 0.4) is 0 Å². The average molecular weight is 304 g/mol. The molecule has 0 aliphatic carbocycles. The van der Waals surface area contributed by atoms with Gasteiger partial charge < -0.3 is 9.47 Å². The van der Waals surface area contributed by atoms with Crippen molar-refractivity contribution >= 4 is 11.9 Å². The van der Waals surface area contributed by atoms with Crippen molar-refractivity contribution in [1.82, 2.24) is 0 Å². The first kappa shape index (κ1) is 18.0. The number of hydrogen-bond donors (Lipinski definition) is 0. The molecule has 4 heteroatoms. The first-order valence-electron chi connectivity index (χ1n) is 7.61. The smallest absolute Gasteiger partial charge is 0.338 e. The minimum absolute atomic E-state index is 0.0296. The standard InChI is InChI=1S/C18H24O4/c1-4-5-11-16(12-17(19)21-13-14(2)3)22-18(20)15-9-7-6-8-10-15/h5-11,14,16H,4,12-13H2,1-3H3. The molecule has 1 unspecified atom stereocenters. The van der Waals surface area contributed by atoms with Gasteiger partial charge >= 0.3 is 11.9 Å². The fraction of sp³-hybridized carbons (Fsp3) is 0.444. The summed E-state index contributed by atoms with van der Waals surface area (Å²) >= 11 is 0. The highest BCUT2D eigenvalue weighted by Gasteiger charge is 2.18. The van der Waals surface area contributed by atoms with Crippen molar-refractivity contribution in [3.8, 4) is 0 Å². The van der Waals surface area contributed by atoms with Gasteiger partial charge in [0.15, 0.2) is 0 Å². The second kappa shape index (κ2) is 9.77. The van der Waals surface area contributed by atoms with E-state index in [0.29, 0.717) is 12.2 Å². The van der Waals surface area contributed by atoms with Gasteiger partial charge in [0.05, 0.1) is 18.6 Å². The van der Waals surface area contributed by atoms with Crippen LogP contribution in [0.4, 0.5) is 0 Å². The maximum absolute atomic E-state index is 12.1. The average Bonchev–Trinajstić information content (AvgIpc) is 2.51. The zero-order valence-electron chi connectivity index (χ0n) is 13.5. The molecule has 0 radical (unpaired) electrons. The third-order valence-electron chi connectivity index (χ3n) is 2.80. The lowest BCUT2D eigenvalue weighted by Gasteiger charge is -2.15. The van der Waals surface area contributed by atoms with Crippen LogP contribution < -0.4 is 0 Å². The van der Waals surface area contributed by atoms with Crippen LogP contribution in [0.1, 0.15) is 44.0 Å². The van der Waals surface area contributed by atoms with Gasteiger partial charge in [-0.05, 0) is 30.5 Å². The van der Waals surface area contributed by atoms with E-state index in [0.717, 1.165) is 6.42 Å². The van der Waals surface area contributed by atoms with Gasteiger partial charge in [-0.1, -0.05) is 45.0 Å². The lowest BCUT2D eigenvalue weighted by atomic mass is 10.2. The van der Waals surface area contributed by atoms with Crippen LogP contribution in [0.5, 0.6) is 0 Å². The van der Waals surface area contributed by atoms with Gasteiger partial charge in [0, 0.05) is 0 Å². The molecule has 120 valence electrons. The van der Waals surface area contributed by atoms with Gasteiger partial charge in [-0.3, -0.25) is 4.79 Å². The normalized spacial score (nSPS) is 12.4. The summed E-state index contributed by atoms with van der Waals surface area (Å²) in [6, 6.07) is 8.73. The summed E-state index contributed by atoms with van der Waals surface area (Å²) in [4.78, 5) is 23.8. The Morgan fingerprint density at radius 2 is 1.86 bits per heavy atom. The van der Waals surface area contributed by atoms with E-state index in [1.165, 1.54) is 0 Å². The van der Waals surface area contributed by atoms with Gasteiger partial charge in [0.25, 0.3) is 0 Å². The molecule has 1 aromatic carbocycles. The van der Waals surface area contributed by atoms with Crippen molar-refractivity contribution in [3.05, 3.63) is 48.0 Å². The molecular weight excluding hydrogens is 280 g/mol. The highest BCUT2D eigenvalue weighted by atomic mass is 16.6. The van der Waals surface area contributed by atoms with Crippen LogP contribution in [0.15, 0.2) is 42.5 Å². The lowest BCUT2D eigenvalue weighted by molar-refractivity contribution is -0.146. The van der Waals surface area contributed by atoms with Crippen molar-refractivity contribution in [2.24, 2.45) is 5.92 Å². The Bertz CT molecular complexity index is 491. The van der Waals surface area contributed by atoms with Gasteiger partial charge in [0.1, 0.15) is 6.10 Å². The maximum Gasteiger partial charge on any atom is 0.338 e. The summed E-state index contributed by atoms with van der Waals surface area (Å²) in [7, 11) is 0. The van der Waals surface area contributed by atoms with E-state index in [1.54, 1.807) is 30.3 Å². The molecular formula is C18H24O4. The Morgan fingerprint density at radius 3 is 2.45 bits per heavy atom. The Labute approximate surface area is 132 Å². The molecule has 0 aromatic heterocycles. The van der Waals surface area contributed by atoms with Gasteiger partial charge in [-0.25, -0.2) is 4.79 Å². The first-order chi connectivity index (χ1) is 10.5. The third kappa shape index (κ3) is 7.07. The van der Waals surface area contributed by atoms with Crippen LogP contribution in [-0.2, 0) is 14.3 Å². The van der Waals surface area contributed by atoms with Crippen molar-refractivity contribution in [2.75, 3.05) is 6.61 Å². The van der Waals surface area contributed by atoms with Crippen LogP contribution in [0, 0.1) is 5.92 Å². The van der Waals surface area contributed by atoms with Gasteiger partial charge in [-0.15, -0.1) is 0 Å². The predicted molar refractivity (Wildman–Crippen MR) is 85.5 cm³/mol. The molecule has 0 aliphatic heterocycles. The maximum atomic E-state index is 12.1. The minimum Gasteiger partial charge on any atom is -0.465 e. The molecule has 0 aliphatic rings. The molecule has 1 atom stereocenters. The summed E-state index contributed by atoms with van der Waals surface area (Å²) in [5.74, 6) is -0.524. The highest BCUT2D eigenvalue weighted by molar-refractivity contribution is 5.89. The molecule has 0 amide bonds. The number of benzene rings is 1. The quantitative estimate of drug-likeness (QED) is 0.542. The Morgan fingerprint density at radius 1 is 1.18 bits per heavy atom. The van der Waals surface area contributed by atoms with Crippen molar-refractivity contribution in [1.29, 1.82) is 0 Å². The van der Waals surface area contributed by atoms with E-state index in [1.807, 2.05) is 32.9 Å². The first-order valence-corrected chi connectivity index (χ1v) is 7.61. The summed E-state index contributed by atoms with van der Waals surface area (Å²) in [6.07, 6.45) is 3.84. The molecule has 0 spiro atoms. The number of carbonyl (C=O) groups is 2. The lowest BCUT2D eigenvalue weighted by Crippen LogP contribution is -2.22. The Balaban J connectivity index is 2.62. The van der Waals surface area contributed by atoms with Gasteiger partial charge in [0.2, 0.25) is 0 Å². The number of ether oxygens (including phenoxy) is 2. The topological polar surface area (TPSA) is 52.6 Å². The molecule has 1 aromatic rings. The van der Waals surface area contributed by atoms with Crippen molar-refractivity contribution in [3.63, 3.8) is 0 Å². The molecule has 0 heterocycles. The summed E-state index contributed by atoms with van der Waals surface area (Å²) in [6.45, 7) is 6.29. The Hall–Kier alpha value is -2.10. The largest absolute Gasteiger partial charge is 0.465 e. The van der Waals surface area contributed by atoms with E-state index in [-0.39, 0.29) is 18.3 Å². The second-order valence-electron chi connectivity index (χ2n) is 5.43. The predicted octanol–water partition coefficient (Wildman–Crippen LogP) is 3.77. The molecule has 4 nitrogen and oxygen atoms in total. The van der Waals surface area contributed by atoms with Crippen LogP contribution in [0.2, 0.25) is 0 Å². The molecule has 22 heavy (non-hydrogen) atoms. The molecule has 1 rings (SSSR count). The molecule has 0 bridgehead atoms. The molecule has 0 saturated carbocycles. The van der Waals surface area contributed by atoms with E-state index in [2.05, 4.69) is 0 Å². The fourth-order valence-corrected chi connectivity index (χ4v) is 1.70. The van der Waals surface area contributed by atoms with E-state index >= 15 is 0 Å². The van der Waals surface area contributed by atoms with E-state index in [9.17, 15) is 9.59 Å². The van der Waals surface area contributed by atoms with Crippen LogP contribution >= 0.6 is 0 Å². The van der Waals surface area contributed by atoms with Gasteiger partial charge in [-0.2, -0.15) is 0 Å². The number of hydrogen-bond acceptors (Lipinski definition) is 4. The number of esters is 2.